The smallest absolute Gasteiger partial charge is 0.279 e. The van der Waals surface area contributed by atoms with E-state index in [1.807, 2.05) is 22.8 Å². The number of halogens is 1. The molecule has 0 saturated carbocycles. The highest BCUT2D eigenvalue weighted by Gasteiger charge is 2.11. The lowest BCUT2D eigenvalue weighted by molar-refractivity contribution is 0.0997. The molecule has 4 aromatic rings. The van der Waals surface area contributed by atoms with Crippen molar-refractivity contribution in [3.63, 3.8) is 0 Å². The molecule has 1 aromatic heterocycles. The minimum absolute atomic E-state index is 0.234. The summed E-state index contributed by atoms with van der Waals surface area (Å²) >= 11 is 1.45. The minimum Gasteiger partial charge on any atom is -0.312 e. The Balaban J connectivity index is 1.96. The van der Waals surface area contributed by atoms with E-state index >= 15 is 0 Å². The van der Waals surface area contributed by atoms with E-state index in [2.05, 4.69) is 29.8 Å². The first-order chi connectivity index (χ1) is 12.7. The number of nitrogens with zero attached hydrogens (tertiary/aromatic N) is 2. The second-order valence-electron chi connectivity index (χ2n) is 5.85. The van der Waals surface area contributed by atoms with Crippen LogP contribution in [-0.2, 0) is 6.54 Å². The standard InChI is InChI=1S/C21H15FN2OS/c1-2-12-24-18-11-10-14-6-3-4-9-17(14)19(18)26-21(24)23-20(25)15-7-5-8-16(22)13-15/h2-11,13H,1,12H2. The molecule has 0 spiro atoms. The van der Waals surface area contributed by atoms with Crippen molar-refractivity contribution in [1.29, 1.82) is 0 Å². The fraction of sp³-hybridized carbons (Fsp3) is 0.0476. The fourth-order valence-corrected chi connectivity index (χ4v) is 4.14. The highest BCUT2D eigenvalue weighted by atomic mass is 32.1. The van der Waals surface area contributed by atoms with Crippen molar-refractivity contribution in [2.24, 2.45) is 4.99 Å². The third-order valence-electron chi connectivity index (χ3n) is 4.15. The monoisotopic (exact) mass is 362 g/mol. The summed E-state index contributed by atoms with van der Waals surface area (Å²) in [4.78, 5) is 17.3. The second kappa shape index (κ2) is 6.69. The average molecular weight is 362 g/mol. The van der Waals surface area contributed by atoms with Crippen LogP contribution < -0.4 is 4.80 Å². The predicted octanol–water partition coefficient (Wildman–Crippen LogP) is 4.92. The van der Waals surface area contributed by atoms with Gasteiger partial charge in [0.05, 0.1) is 10.2 Å². The zero-order valence-electron chi connectivity index (χ0n) is 13.9. The van der Waals surface area contributed by atoms with Crippen molar-refractivity contribution in [3.8, 4) is 0 Å². The summed E-state index contributed by atoms with van der Waals surface area (Å²) in [5.41, 5.74) is 1.23. The van der Waals surface area contributed by atoms with Gasteiger partial charge in [0.1, 0.15) is 5.82 Å². The molecule has 5 heteroatoms. The normalized spacial score (nSPS) is 12.0. The van der Waals surface area contributed by atoms with Crippen molar-refractivity contribution in [2.75, 3.05) is 0 Å². The largest absolute Gasteiger partial charge is 0.312 e. The Morgan fingerprint density at radius 3 is 2.81 bits per heavy atom. The molecule has 4 rings (SSSR count). The first kappa shape index (κ1) is 16.4. The summed E-state index contributed by atoms with van der Waals surface area (Å²) in [5.74, 6) is -0.912. The number of amides is 1. The van der Waals surface area contributed by atoms with E-state index in [9.17, 15) is 9.18 Å². The van der Waals surface area contributed by atoms with Gasteiger partial charge in [0.25, 0.3) is 5.91 Å². The third kappa shape index (κ3) is 2.86. The summed E-state index contributed by atoms with van der Waals surface area (Å²) < 4.78 is 16.4. The molecule has 0 atom stereocenters. The van der Waals surface area contributed by atoms with Gasteiger partial charge in [-0.25, -0.2) is 4.39 Å². The van der Waals surface area contributed by atoms with E-state index in [1.165, 1.54) is 29.5 Å². The lowest BCUT2D eigenvalue weighted by Gasteiger charge is -2.03. The van der Waals surface area contributed by atoms with Crippen LogP contribution in [0.5, 0.6) is 0 Å². The summed E-state index contributed by atoms with van der Waals surface area (Å²) in [5, 5.41) is 2.25. The maximum absolute atomic E-state index is 13.4. The number of benzene rings is 3. The van der Waals surface area contributed by atoms with Crippen LogP contribution in [0.1, 0.15) is 10.4 Å². The van der Waals surface area contributed by atoms with Gasteiger partial charge < -0.3 is 4.57 Å². The molecule has 0 unspecified atom stereocenters. The van der Waals surface area contributed by atoms with Gasteiger partial charge >= 0.3 is 0 Å². The summed E-state index contributed by atoms with van der Waals surface area (Å²) in [6, 6.07) is 17.8. The van der Waals surface area contributed by atoms with E-state index < -0.39 is 11.7 Å². The molecule has 0 radical (unpaired) electrons. The molecule has 1 amide bonds. The Kier molecular flexibility index (Phi) is 4.22. The van der Waals surface area contributed by atoms with Crippen molar-refractivity contribution >= 4 is 38.2 Å². The quantitative estimate of drug-likeness (QED) is 0.476. The van der Waals surface area contributed by atoms with Crippen LogP contribution in [0.15, 0.2) is 78.3 Å². The van der Waals surface area contributed by atoms with Crippen molar-refractivity contribution in [2.45, 2.75) is 6.54 Å². The first-order valence-electron chi connectivity index (χ1n) is 8.14. The lowest BCUT2D eigenvalue weighted by Crippen LogP contribution is -2.16. The zero-order chi connectivity index (χ0) is 18.1. The Hall–Kier alpha value is -3.05. The van der Waals surface area contributed by atoms with Gasteiger partial charge in [0, 0.05) is 17.5 Å². The number of thiazole rings is 1. The Bertz CT molecular complexity index is 1220. The molecule has 3 aromatic carbocycles. The average Bonchev–Trinajstić information content (AvgIpc) is 3.00. The molecule has 0 saturated heterocycles. The molecular weight excluding hydrogens is 347 g/mol. The topological polar surface area (TPSA) is 34.4 Å². The van der Waals surface area contributed by atoms with Crippen LogP contribution in [0, 0.1) is 5.82 Å². The summed E-state index contributed by atoms with van der Waals surface area (Å²) in [6.07, 6.45) is 1.77. The highest BCUT2D eigenvalue weighted by molar-refractivity contribution is 7.17. The molecule has 0 N–H and O–H groups in total. The van der Waals surface area contributed by atoms with Gasteiger partial charge in [-0.3, -0.25) is 4.79 Å². The molecule has 26 heavy (non-hydrogen) atoms. The Labute approximate surface area is 153 Å². The van der Waals surface area contributed by atoms with Gasteiger partial charge in [-0.1, -0.05) is 53.8 Å². The van der Waals surface area contributed by atoms with Crippen molar-refractivity contribution in [3.05, 3.63) is 89.5 Å². The number of carbonyl (C=O) groups is 1. The second-order valence-corrected chi connectivity index (χ2v) is 6.82. The van der Waals surface area contributed by atoms with Gasteiger partial charge in [-0.15, -0.1) is 6.58 Å². The maximum Gasteiger partial charge on any atom is 0.279 e. The van der Waals surface area contributed by atoms with E-state index in [-0.39, 0.29) is 5.56 Å². The fourth-order valence-electron chi connectivity index (χ4n) is 2.96. The number of hydrogen-bond donors (Lipinski definition) is 0. The molecule has 0 fully saturated rings. The van der Waals surface area contributed by atoms with Crippen molar-refractivity contribution < 1.29 is 9.18 Å². The highest BCUT2D eigenvalue weighted by Crippen LogP contribution is 2.27. The molecule has 0 bridgehead atoms. The van der Waals surface area contributed by atoms with Crippen LogP contribution in [0.2, 0.25) is 0 Å². The van der Waals surface area contributed by atoms with E-state index in [0.717, 1.165) is 21.0 Å². The van der Waals surface area contributed by atoms with E-state index in [0.29, 0.717) is 11.3 Å². The van der Waals surface area contributed by atoms with Crippen LogP contribution >= 0.6 is 11.3 Å². The van der Waals surface area contributed by atoms with Crippen LogP contribution in [0.3, 0.4) is 0 Å². The summed E-state index contributed by atoms with van der Waals surface area (Å²) in [6.45, 7) is 4.34. The van der Waals surface area contributed by atoms with Gasteiger partial charge in [-0.05, 0) is 29.7 Å². The molecular formula is C21H15FN2OS. The van der Waals surface area contributed by atoms with E-state index in [4.69, 9.17) is 0 Å². The number of fused-ring (bicyclic) bond motifs is 3. The Morgan fingerprint density at radius 2 is 2.00 bits per heavy atom. The number of carbonyl (C=O) groups excluding carboxylic acids is 1. The van der Waals surface area contributed by atoms with Gasteiger partial charge in [0.15, 0.2) is 4.80 Å². The van der Waals surface area contributed by atoms with Gasteiger partial charge in [-0.2, -0.15) is 4.99 Å². The molecule has 3 nitrogen and oxygen atoms in total. The summed E-state index contributed by atoms with van der Waals surface area (Å²) in [7, 11) is 0. The van der Waals surface area contributed by atoms with Crippen LogP contribution in [0.25, 0.3) is 21.0 Å². The SMILES string of the molecule is C=CCn1c(=NC(=O)c2cccc(F)c2)sc2c3ccccc3ccc21. The zero-order valence-corrected chi connectivity index (χ0v) is 14.7. The number of aromatic nitrogens is 1. The van der Waals surface area contributed by atoms with Crippen molar-refractivity contribution in [1.82, 2.24) is 4.57 Å². The van der Waals surface area contributed by atoms with Crippen LogP contribution in [-0.4, -0.2) is 10.5 Å². The lowest BCUT2D eigenvalue weighted by atomic mass is 10.1. The molecule has 128 valence electrons. The van der Waals surface area contributed by atoms with Crippen LogP contribution in [0.4, 0.5) is 4.39 Å². The minimum atomic E-state index is -0.460. The number of allylic oxidation sites excluding steroid dienone is 1. The molecule has 0 aliphatic carbocycles. The van der Waals surface area contributed by atoms with E-state index in [1.54, 1.807) is 12.1 Å². The third-order valence-corrected chi connectivity index (χ3v) is 5.28. The predicted molar refractivity (Wildman–Crippen MR) is 104 cm³/mol. The first-order valence-corrected chi connectivity index (χ1v) is 8.95. The molecule has 1 heterocycles. The number of rotatable bonds is 3. The maximum atomic E-state index is 13.4. The number of hydrogen-bond acceptors (Lipinski definition) is 2. The molecule has 0 aliphatic rings. The molecule has 0 aliphatic heterocycles. The van der Waals surface area contributed by atoms with Gasteiger partial charge in [0.2, 0.25) is 0 Å². The Morgan fingerprint density at radius 1 is 1.15 bits per heavy atom.